The summed E-state index contributed by atoms with van der Waals surface area (Å²) in [5.41, 5.74) is 9.66. The van der Waals surface area contributed by atoms with E-state index in [2.05, 4.69) is 11.2 Å². The van der Waals surface area contributed by atoms with Crippen molar-refractivity contribution in [3.05, 3.63) is 23.3 Å². The van der Waals surface area contributed by atoms with Crippen molar-refractivity contribution in [1.82, 2.24) is 9.78 Å². The number of rotatable bonds is 3. The van der Waals surface area contributed by atoms with Crippen LogP contribution in [-0.2, 0) is 7.05 Å². The van der Waals surface area contributed by atoms with Crippen LogP contribution in [0.4, 0.5) is 5.82 Å². The summed E-state index contributed by atoms with van der Waals surface area (Å²) in [7, 11) is 5.08. The van der Waals surface area contributed by atoms with Crippen molar-refractivity contribution >= 4 is 5.82 Å². The smallest absolute Gasteiger partial charge is 0.170 e. The van der Waals surface area contributed by atoms with Gasteiger partial charge in [-0.1, -0.05) is 6.07 Å². The van der Waals surface area contributed by atoms with Crippen molar-refractivity contribution in [3.8, 4) is 22.8 Å². The third-order valence-corrected chi connectivity index (χ3v) is 3.20. The van der Waals surface area contributed by atoms with Crippen molar-refractivity contribution < 1.29 is 9.47 Å². The van der Waals surface area contributed by atoms with Crippen molar-refractivity contribution in [2.45, 2.75) is 13.8 Å². The molecular formula is C14H19N3O2. The molecule has 0 amide bonds. The Hall–Kier alpha value is -2.17. The van der Waals surface area contributed by atoms with E-state index in [9.17, 15) is 0 Å². The highest BCUT2D eigenvalue weighted by molar-refractivity contribution is 5.77. The van der Waals surface area contributed by atoms with Crippen molar-refractivity contribution in [2.24, 2.45) is 7.05 Å². The minimum atomic E-state index is 0.607. The van der Waals surface area contributed by atoms with E-state index < -0.39 is 0 Å². The lowest BCUT2D eigenvalue weighted by Gasteiger charge is -2.16. The van der Waals surface area contributed by atoms with Crippen molar-refractivity contribution in [2.75, 3.05) is 20.0 Å². The fourth-order valence-corrected chi connectivity index (χ4v) is 2.30. The highest BCUT2D eigenvalue weighted by atomic mass is 16.5. The van der Waals surface area contributed by atoms with Crippen LogP contribution in [0.5, 0.6) is 11.5 Å². The number of ether oxygens (including phenoxy) is 2. The molecule has 0 aliphatic heterocycles. The average Bonchev–Trinajstić information content (AvgIpc) is 2.68. The Labute approximate surface area is 112 Å². The first-order valence-electron chi connectivity index (χ1n) is 6.01. The first kappa shape index (κ1) is 13.3. The molecule has 1 heterocycles. The molecule has 5 heteroatoms. The molecule has 0 bridgehead atoms. The Bertz CT molecular complexity index is 598. The van der Waals surface area contributed by atoms with Crippen LogP contribution in [0.15, 0.2) is 12.1 Å². The standard InChI is InChI=1S/C14H19N3O2/c1-8-6-9(2)13(18-4)14(19-5)12(8)10-7-11(15)17(3)16-10/h6-7H,15H2,1-5H3. The van der Waals surface area contributed by atoms with E-state index in [4.69, 9.17) is 15.2 Å². The van der Waals surface area contributed by atoms with E-state index in [-0.39, 0.29) is 0 Å². The van der Waals surface area contributed by atoms with Gasteiger partial charge in [-0.15, -0.1) is 0 Å². The van der Waals surface area contributed by atoms with Gasteiger partial charge in [0.2, 0.25) is 0 Å². The lowest BCUT2D eigenvalue weighted by atomic mass is 10.0. The van der Waals surface area contributed by atoms with Crippen LogP contribution in [0, 0.1) is 13.8 Å². The van der Waals surface area contributed by atoms with Gasteiger partial charge >= 0.3 is 0 Å². The molecule has 5 nitrogen and oxygen atoms in total. The SMILES string of the molecule is COc1c(C)cc(C)c(-c2cc(N)n(C)n2)c1OC. The lowest BCUT2D eigenvalue weighted by molar-refractivity contribution is 0.353. The maximum Gasteiger partial charge on any atom is 0.170 e. The number of nitrogens with two attached hydrogens (primary N) is 1. The normalized spacial score (nSPS) is 10.6. The van der Waals surface area contributed by atoms with Crippen molar-refractivity contribution in [3.63, 3.8) is 0 Å². The maximum atomic E-state index is 5.85. The second-order valence-electron chi connectivity index (χ2n) is 4.53. The minimum absolute atomic E-state index is 0.607. The summed E-state index contributed by atoms with van der Waals surface area (Å²) in [6, 6.07) is 3.89. The second-order valence-corrected chi connectivity index (χ2v) is 4.53. The van der Waals surface area contributed by atoms with Gasteiger partial charge in [0, 0.05) is 13.1 Å². The van der Waals surface area contributed by atoms with Crippen LogP contribution >= 0.6 is 0 Å². The van der Waals surface area contributed by atoms with E-state index in [0.717, 1.165) is 28.1 Å². The number of hydrogen-bond acceptors (Lipinski definition) is 4. The zero-order valence-corrected chi connectivity index (χ0v) is 11.9. The zero-order chi connectivity index (χ0) is 14.2. The molecule has 0 radical (unpaired) electrons. The van der Waals surface area contributed by atoms with E-state index >= 15 is 0 Å². The van der Waals surface area contributed by atoms with E-state index in [1.165, 1.54) is 0 Å². The monoisotopic (exact) mass is 261 g/mol. The van der Waals surface area contributed by atoms with Crippen LogP contribution in [0.3, 0.4) is 0 Å². The number of methoxy groups -OCH3 is 2. The molecule has 0 aliphatic carbocycles. The summed E-state index contributed by atoms with van der Waals surface area (Å²) in [6.07, 6.45) is 0. The number of aryl methyl sites for hydroxylation is 3. The van der Waals surface area contributed by atoms with Gasteiger partial charge in [-0.2, -0.15) is 5.10 Å². The minimum Gasteiger partial charge on any atom is -0.493 e. The summed E-state index contributed by atoms with van der Waals surface area (Å²) >= 11 is 0. The van der Waals surface area contributed by atoms with Gasteiger partial charge in [0.25, 0.3) is 0 Å². The number of aromatic nitrogens is 2. The van der Waals surface area contributed by atoms with Gasteiger partial charge in [-0.25, -0.2) is 0 Å². The molecule has 0 spiro atoms. The molecular weight excluding hydrogens is 242 g/mol. The molecule has 0 aliphatic rings. The molecule has 19 heavy (non-hydrogen) atoms. The second kappa shape index (κ2) is 4.84. The van der Waals surface area contributed by atoms with E-state index in [1.54, 1.807) is 18.9 Å². The summed E-state index contributed by atoms with van der Waals surface area (Å²) in [5.74, 6) is 2.03. The molecule has 2 aromatic rings. The van der Waals surface area contributed by atoms with Crippen molar-refractivity contribution in [1.29, 1.82) is 0 Å². The lowest BCUT2D eigenvalue weighted by Crippen LogP contribution is -1.99. The molecule has 102 valence electrons. The van der Waals surface area contributed by atoms with Gasteiger partial charge in [-0.05, 0) is 25.0 Å². The molecule has 2 rings (SSSR count). The van der Waals surface area contributed by atoms with E-state index in [0.29, 0.717) is 11.6 Å². The molecule has 0 fully saturated rings. The first-order chi connectivity index (χ1) is 8.99. The Morgan fingerprint density at radius 1 is 1.05 bits per heavy atom. The fraction of sp³-hybridized carbons (Fsp3) is 0.357. The predicted molar refractivity (Wildman–Crippen MR) is 75.6 cm³/mol. The largest absolute Gasteiger partial charge is 0.493 e. The summed E-state index contributed by atoms with van der Waals surface area (Å²) in [4.78, 5) is 0. The molecule has 0 unspecified atom stereocenters. The van der Waals surface area contributed by atoms with Gasteiger partial charge in [0.1, 0.15) is 5.82 Å². The topological polar surface area (TPSA) is 62.3 Å². The summed E-state index contributed by atoms with van der Waals surface area (Å²) < 4.78 is 12.6. The Balaban J connectivity index is 2.75. The molecule has 0 saturated heterocycles. The van der Waals surface area contributed by atoms with Crippen LogP contribution in [-0.4, -0.2) is 24.0 Å². The number of benzene rings is 1. The number of nitrogens with zero attached hydrogens (tertiary/aromatic N) is 2. The molecule has 0 saturated carbocycles. The fourth-order valence-electron chi connectivity index (χ4n) is 2.30. The number of hydrogen-bond donors (Lipinski definition) is 1. The zero-order valence-electron chi connectivity index (χ0n) is 11.9. The van der Waals surface area contributed by atoms with Crippen LogP contribution in [0.1, 0.15) is 11.1 Å². The van der Waals surface area contributed by atoms with Gasteiger partial charge < -0.3 is 15.2 Å². The van der Waals surface area contributed by atoms with E-state index in [1.807, 2.05) is 27.0 Å². The summed E-state index contributed by atoms with van der Waals surface area (Å²) in [6.45, 7) is 4.01. The highest BCUT2D eigenvalue weighted by Gasteiger charge is 2.19. The Kier molecular flexibility index (Phi) is 3.38. The Morgan fingerprint density at radius 2 is 1.68 bits per heavy atom. The highest BCUT2D eigenvalue weighted by Crippen LogP contribution is 2.42. The quantitative estimate of drug-likeness (QED) is 0.921. The predicted octanol–water partition coefficient (Wildman–Crippen LogP) is 2.30. The van der Waals surface area contributed by atoms with Crippen LogP contribution < -0.4 is 15.2 Å². The van der Waals surface area contributed by atoms with Gasteiger partial charge in [0.05, 0.1) is 25.5 Å². The summed E-state index contributed by atoms with van der Waals surface area (Å²) in [5, 5.41) is 4.41. The van der Waals surface area contributed by atoms with Crippen LogP contribution in [0.2, 0.25) is 0 Å². The third kappa shape index (κ3) is 2.12. The molecule has 1 aromatic heterocycles. The number of anilines is 1. The molecule has 0 atom stereocenters. The first-order valence-corrected chi connectivity index (χ1v) is 6.01. The number of nitrogen functional groups attached to an aromatic ring is 1. The van der Waals surface area contributed by atoms with Crippen LogP contribution in [0.25, 0.3) is 11.3 Å². The van der Waals surface area contributed by atoms with Gasteiger partial charge in [-0.3, -0.25) is 4.68 Å². The maximum absolute atomic E-state index is 5.85. The van der Waals surface area contributed by atoms with Gasteiger partial charge in [0.15, 0.2) is 11.5 Å². The third-order valence-electron chi connectivity index (χ3n) is 3.20. The Morgan fingerprint density at radius 3 is 2.16 bits per heavy atom. The average molecular weight is 261 g/mol. The molecule has 2 N–H and O–H groups in total. The molecule has 1 aromatic carbocycles.